The summed E-state index contributed by atoms with van der Waals surface area (Å²) in [7, 11) is 0. The van der Waals surface area contributed by atoms with Gasteiger partial charge in [-0.25, -0.2) is 4.68 Å². The first kappa shape index (κ1) is 25.7. The third-order valence-corrected chi connectivity index (χ3v) is 6.54. The second-order valence-electron chi connectivity index (χ2n) is 8.13. The van der Waals surface area contributed by atoms with Crippen LogP contribution in [0, 0.1) is 0 Å². The van der Waals surface area contributed by atoms with Gasteiger partial charge in [0, 0.05) is 30.3 Å². The summed E-state index contributed by atoms with van der Waals surface area (Å²) in [6.45, 7) is 4.57. The number of rotatable bonds is 8. The summed E-state index contributed by atoms with van der Waals surface area (Å²) in [5.41, 5.74) is 3.04. The molecule has 1 unspecified atom stereocenters. The van der Waals surface area contributed by atoms with Gasteiger partial charge in [-0.2, -0.15) is 5.10 Å². The van der Waals surface area contributed by atoms with E-state index in [-0.39, 0.29) is 37.4 Å². The van der Waals surface area contributed by atoms with Gasteiger partial charge in [-0.15, -0.1) is 10.2 Å². The molecule has 2 aromatic heterocycles. The van der Waals surface area contributed by atoms with Crippen molar-refractivity contribution in [2.45, 2.75) is 64.6 Å². The maximum Gasteiger partial charge on any atom is 1.00 e. The zero-order valence-electron chi connectivity index (χ0n) is 19.0. The van der Waals surface area contributed by atoms with E-state index in [1.54, 1.807) is 4.68 Å². The van der Waals surface area contributed by atoms with Crippen molar-refractivity contribution < 1.29 is 33.5 Å². The molecule has 170 valence electrons. The van der Waals surface area contributed by atoms with E-state index in [9.17, 15) is 9.90 Å². The molecular formula is C22H25ClLiN5O3S. The van der Waals surface area contributed by atoms with Crippen LogP contribution in [-0.2, 0) is 17.8 Å². The van der Waals surface area contributed by atoms with Gasteiger partial charge in [-0.3, -0.25) is 0 Å². The Bertz CT molecular complexity index is 1080. The Kier molecular flexibility index (Phi) is 8.96. The molecule has 8 nitrogen and oxygen atoms in total. The first-order valence-corrected chi connectivity index (χ1v) is 11.9. The number of halogens is 1. The number of carboxylic acid groups (broad SMARTS) is 1. The number of aliphatic carboxylic acids is 1. The Morgan fingerprint density at radius 1 is 1.39 bits per heavy atom. The Morgan fingerprint density at radius 3 is 2.94 bits per heavy atom. The van der Waals surface area contributed by atoms with Crippen molar-refractivity contribution in [3.05, 3.63) is 40.7 Å². The Balaban J connectivity index is 0.00000306. The van der Waals surface area contributed by atoms with Crippen LogP contribution in [0.15, 0.2) is 24.4 Å². The molecule has 11 heteroatoms. The number of carbonyl (C=O) groups excluding carboxylic acids is 1. The van der Waals surface area contributed by atoms with Crippen molar-refractivity contribution in [1.82, 2.24) is 25.3 Å². The van der Waals surface area contributed by atoms with Gasteiger partial charge in [0.2, 0.25) is 5.13 Å². The van der Waals surface area contributed by atoms with E-state index in [4.69, 9.17) is 21.4 Å². The van der Waals surface area contributed by atoms with Gasteiger partial charge in [-0.05, 0) is 69.7 Å². The van der Waals surface area contributed by atoms with E-state index in [0.29, 0.717) is 28.9 Å². The number of benzene rings is 1. The van der Waals surface area contributed by atoms with Crippen molar-refractivity contribution in [3.63, 3.8) is 0 Å². The number of hydrogen-bond donors (Lipinski definition) is 1. The molecule has 0 bridgehead atoms. The van der Waals surface area contributed by atoms with Crippen LogP contribution in [0.2, 0.25) is 5.02 Å². The minimum Gasteiger partial charge on any atom is -0.550 e. The Hall–Kier alpha value is -1.89. The number of nitrogens with one attached hydrogen (secondary N) is 1. The third-order valence-electron chi connectivity index (χ3n) is 5.28. The van der Waals surface area contributed by atoms with Gasteiger partial charge in [0.1, 0.15) is 10.8 Å². The number of nitrogens with zero attached hydrogens (tertiary/aromatic N) is 4. The number of fused-ring (bicyclic) bond motifs is 1. The number of ether oxygens (including phenoxy) is 1. The number of hydrogen-bond acceptors (Lipinski definition) is 8. The maximum atomic E-state index is 10.6. The molecule has 0 radical (unpaired) electrons. The second-order valence-corrected chi connectivity index (χ2v) is 9.49. The predicted octanol–water partition coefficient (Wildman–Crippen LogP) is 0.160. The fourth-order valence-corrected chi connectivity index (χ4v) is 4.71. The van der Waals surface area contributed by atoms with Crippen LogP contribution in [0.3, 0.4) is 0 Å². The molecule has 0 fully saturated rings. The molecule has 33 heavy (non-hydrogen) atoms. The smallest absolute Gasteiger partial charge is 0.550 e. The minimum absolute atomic E-state index is 0. The minimum atomic E-state index is -0.989. The number of aromatic nitrogens is 4. The van der Waals surface area contributed by atoms with Crippen LogP contribution in [0.4, 0.5) is 0 Å². The number of carboxylic acids is 1. The van der Waals surface area contributed by atoms with Crippen LogP contribution < -0.4 is 34.0 Å². The molecule has 1 atom stereocenters. The van der Waals surface area contributed by atoms with Crippen molar-refractivity contribution in [2.24, 2.45) is 0 Å². The number of aryl methyl sites for hydroxylation is 1. The van der Waals surface area contributed by atoms with Crippen molar-refractivity contribution >= 4 is 28.9 Å². The van der Waals surface area contributed by atoms with Gasteiger partial charge in [0.05, 0.1) is 16.8 Å². The predicted molar refractivity (Wildman–Crippen MR) is 121 cm³/mol. The molecule has 3 aromatic rings. The average Bonchev–Trinajstić information content (AvgIpc) is 3.34. The van der Waals surface area contributed by atoms with Crippen LogP contribution in [0.25, 0.3) is 15.7 Å². The zero-order chi connectivity index (χ0) is 22.7. The normalized spacial score (nSPS) is 15.6. The molecule has 0 aliphatic carbocycles. The van der Waals surface area contributed by atoms with Gasteiger partial charge in [0.25, 0.3) is 0 Å². The summed E-state index contributed by atoms with van der Waals surface area (Å²) in [5.74, 6) is -0.340. The van der Waals surface area contributed by atoms with E-state index in [1.807, 2.05) is 38.2 Å². The van der Waals surface area contributed by atoms with Crippen molar-refractivity contribution in [3.8, 4) is 21.5 Å². The van der Waals surface area contributed by atoms with Crippen LogP contribution in [-0.4, -0.2) is 38.1 Å². The first-order chi connectivity index (χ1) is 15.4. The van der Waals surface area contributed by atoms with E-state index < -0.39 is 5.97 Å². The molecular weight excluding hydrogens is 457 g/mol. The summed E-state index contributed by atoms with van der Waals surface area (Å²) < 4.78 is 7.47. The largest absolute Gasteiger partial charge is 1.00 e. The summed E-state index contributed by atoms with van der Waals surface area (Å²) in [5, 5.41) is 29.4. The molecule has 0 saturated heterocycles. The SMILES string of the molecule is CC(C)Oc1ccc(-c2nnc(-n3cc4c(n3)CNC(CCCC(=O)[O-])CC4)s2)cc1Cl.[Li+]. The van der Waals surface area contributed by atoms with Gasteiger partial charge < -0.3 is 20.0 Å². The Morgan fingerprint density at radius 2 is 2.21 bits per heavy atom. The van der Waals surface area contributed by atoms with Crippen LogP contribution >= 0.6 is 22.9 Å². The maximum absolute atomic E-state index is 10.6. The van der Waals surface area contributed by atoms with Crippen molar-refractivity contribution in [2.75, 3.05) is 0 Å². The van der Waals surface area contributed by atoms with Gasteiger partial charge in [0.15, 0.2) is 0 Å². The third kappa shape index (κ3) is 6.58. The van der Waals surface area contributed by atoms with E-state index in [2.05, 4.69) is 15.5 Å². The van der Waals surface area contributed by atoms with Crippen LogP contribution in [0.5, 0.6) is 5.75 Å². The quantitative estimate of drug-likeness (QED) is 0.457. The van der Waals surface area contributed by atoms with Crippen molar-refractivity contribution in [1.29, 1.82) is 0 Å². The molecule has 1 aliphatic heterocycles. The van der Waals surface area contributed by atoms with Gasteiger partial charge >= 0.3 is 18.9 Å². The zero-order valence-corrected chi connectivity index (χ0v) is 20.6. The second kappa shape index (κ2) is 11.5. The molecule has 1 aliphatic rings. The van der Waals surface area contributed by atoms with Gasteiger partial charge in [-0.1, -0.05) is 22.9 Å². The average molecular weight is 482 g/mol. The monoisotopic (exact) mass is 481 g/mol. The first-order valence-electron chi connectivity index (χ1n) is 10.7. The van der Waals surface area contributed by atoms with Crippen LogP contribution in [0.1, 0.15) is 50.8 Å². The Labute approximate surface area is 213 Å². The molecule has 3 heterocycles. The van der Waals surface area contributed by atoms with E-state index >= 15 is 0 Å². The summed E-state index contributed by atoms with van der Waals surface area (Å²) in [6.07, 6.45) is 5.44. The summed E-state index contributed by atoms with van der Waals surface area (Å²) in [6, 6.07) is 5.91. The van der Waals surface area contributed by atoms with E-state index in [0.717, 1.165) is 35.5 Å². The summed E-state index contributed by atoms with van der Waals surface area (Å²) in [4.78, 5) is 10.6. The fraction of sp³-hybridized carbons (Fsp3) is 0.455. The fourth-order valence-electron chi connectivity index (χ4n) is 3.72. The van der Waals surface area contributed by atoms with E-state index in [1.165, 1.54) is 16.9 Å². The molecule has 0 spiro atoms. The number of carbonyl (C=O) groups is 1. The topological polar surface area (TPSA) is 105 Å². The molecule has 4 rings (SSSR count). The molecule has 1 aromatic carbocycles. The molecule has 0 saturated carbocycles. The molecule has 1 N–H and O–H groups in total. The standard InChI is InChI=1S/C22H26ClN5O3S.Li/c1-13(2)31-19-9-7-14(10-17(19)23)21-25-26-22(32-21)28-12-15-6-8-16(4-3-5-20(29)30)24-11-18(15)27-28;/h7,9-10,12-13,16,24H,3-6,8,11H2,1-2H3,(H,29,30);/q;+1/p-1. The summed E-state index contributed by atoms with van der Waals surface area (Å²) >= 11 is 7.81. The molecule has 0 amide bonds.